The quantitative estimate of drug-likeness (QED) is 0.244. The summed E-state index contributed by atoms with van der Waals surface area (Å²) in [6.45, 7) is 5.96. The van der Waals surface area contributed by atoms with Crippen molar-refractivity contribution in [1.29, 1.82) is 0 Å². The van der Waals surface area contributed by atoms with E-state index in [2.05, 4.69) is 5.16 Å². The summed E-state index contributed by atoms with van der Waals surface area (Å²) in [5.74, 6) is 0. The van der Waals surface area contributed by atoms with E-state index < -0.39 is 7.60 Å². The first-order chi connectivity index (χ1) is 10.6. The zero-order valence-corrected chi connectivity index (χ0v) is 14.0. The largest absolute Gasteiger partial charge is 0.500 e. The van der Waals surface area contributed by atoms with Gasteiger partial charge in [-0.15, -0.1) is 0 Å². The van der Waals surface area contributed by atoms with Gasteiger partial charge in [0, 0.05) is 5.56 Å². The molecule has 1 aromatic rings. The van der Waals surface area contributed by atoms with Crippen LogP contribution in [0, 0.1) is 0 Å². The summed E-state index contributed by atoms with van der Waals surface area (Å²) in [6, 6.07) is 8.86. The van der Waals surface area contributed by atoms with Crippen molar-refractivity contribution in [3.05, 3.63) is 47.5 Å². The van der Waals surface area contributed by atoms with E-state index in [1.165, 1.54) is 6.26 Å². The summed E-state index contributed by atoms with van der Waals surface area (Å²) in [4.78, 5) is 0. The van der Waals surface area contributed by atoms with Crippen LogP contribution in [0.15, 0.2) is 47.1 Å². The van der Waals surface area contributed by atoms with E-state index in [9.17, 15) is 9.77 Å². The van der Waals surface area contributed by atoms with Gasteiger partial charge in [0.15, 0.2) is 0 Å². The number of nitrogens with zero attached hydrogens (tertiary/aromatic N) is 1. The minimum Gasteiger partial charge on any atom is -0.500 e. The van der Waals surface area contributed by atoms with E-state index in [0.717, 1.165) is 0 Å². The van der Waals surface area contributed by atoms with Gasteiger partial charge in [-0.25, -0.2) is 0 Å². The zero-order valence-electron chi connectivity index (χ0n) is 13.1. The van der Waals surface area contributed by atoms with Gasteiger partial charge in [-0.2, -0.15) is 0 Å². The fourth-order valence-corrected chi connectivity index (χ4v) is 3.45. The molecular weight excluding hydrogens is 305 g/mol. The summed E-state index contributed by atoms with van der Waals surface area (Å²) >= 11 is 0. The third kappa shape index (κ3) is 4.70. The highest BCUT2D eigenvalue weighted by atomic mass is 31.2. The number of hydrogen-bond donors (Lipinski definition) is 1. The Morgan fingerprint density at radius 3 is 2.18 bits per heavy atom. The highest BCUT2D eigenvalue weighted by molar-refractivity contribution is 7.60. The number of ether oxygens (including phenoxy) is 1. The van der Waals surface area contributed by atoms with Gasteiger partial charge in [0.05, 0.1) is 19.8 Å². The molecule has 0 aromatic heterocycles. The summed E-state index contributed by atoms with van der Waals surface area (Å²) in [7, 11) is -3.65. The van der Waals surface area contributed by atoms with Crippen LogP contribution in [-0.4, -0.2) is 30.7 Å². The van der Waals surface area contributed by atoms with Crippen LogP contribution >= 0.6 is 7.60 Å². The van der Waals surface area contributed by atoms with E-state index in [0.29, 0.717) is 12.2 Å². The summed E-state index contributed by atoms with van der Waals surface area (Å²) < 4.78 is 28.9. The van der Waals surface area contributed by atoms with Crippen LogP contribution in [0.2, 0.25) is 0 Å². The van der Waals surface area contributed by atoms with Gasteiger partial charge >= 0.3 is 7.60 Å². The maximum atomic E-state index is 13.0. The lowest BCUT2D eigenvalue weighted by Gasteiger charge is -2.20. The Morgan fingerprint density at radius 2 is 1.73 bits per heavy atom. The first-order valence-corrected chi connectivity index (χ1v) is 8.66. The molecule has 0 saturated heterocycles. The molecule has 1 N–H and O–H groups in total. The first kappa shape index (κ1) is 18.4. The van der Waals surface area contributed by atoms with Crippen LogP contribution in [0.5, 0.6) is 0 Å². The standard InChI is InChI=1S/C15H22NO5P/c1-4-19-12-14(22(18,20-5-2)21-6-3)15(16-17)13-10-8-7-9-11-13/h7-12,17H,4-6H2,1-3H3/b14-12+,16-15-. The molecule has 0 aliphatic rings. The van der Waals surface area contributed by atoms with Crippen molar-refractivity contribution in [2.24, 2.45) is 5.16 Å². The second-order valence-corrected chi connectivity index (χ2v) is 6.10. The van der Waals surface area contributed by atoms with Gasteiger partial charge in [-0.1, -0.05) is 35.5 Å². The van der Waals surface area contributed by atoms with Gasteiger partial charge in [0.1, 0.15) is 17.3 Å². The lowest BCUT2D eigenvalue weighted by molar-refractivity contribution is 0.223. The van der Waals surface area contributed by atoms with E-state index in [-0.39, 0.29) is 24.2 Å². The van der Waals surface area contributed by atoms with Crippen molar-refractivity contribution >= 4 is 13.3 Å². The highest BCUT2D eigenvalue weighted by Crippen LogP contribution is 2.57. The summed E-state index contributed by atoms with van der Waals surface area (Å²) in [5, 5.41) is 12.8. The van der Waals surface area contributed by atoms with Crippen molar-refractivity contribution < 1.29 is 23.6 Å². The van der Waals surface area contributed by atoms with E-state index in [1.54, 1.807) is 45.0 Å². The van der Waals surface area contributed by atoms with Gasteiger partial charge in [0.25, 0.3) is 0 Å². The third-order valence-electron chi connectivity index (χ3n) is 2.64. The number of hydrogen-bond acceptors (Lipinski definition) is 6. The molecule has 0 heterocycles. The Balaban J connectivity index is 3.35. The van der Waals surface area contributed by atoms with E-state index in [4.69, 9.17) is 13.8 Å². The number of rotatable bonds is 9. The molecule has 0 atom stereocenters. The molecular formula is C15H22NO5P. The molecule has 0 aliphatic carbocycles. The first-order valence-electron chi connectivity index (χ1n) is 7.12. The third-order valence-corrected chi connectivity index (χ3v) is 4.75. The Morgan fingerprint density at radius 1 is 1.14 bits per heavy atom. The van der Waals surface area contributed by atoms with Crippen molar-refractivity contribution in [3.8, 4) is 0 Å². The molecule has 1 rings (SSSR count). The predicted molar refractivity (Wildman–Crippen MR) is 85.3 cm³/mol. The van der Waals surface area contributed by atoms with Crippen molar-refractivity contribution in [2.75, 3.05) is 19.8 Å². The lowest BCUT2D eigenvalue weighted by Crippen LogP contribution is -2.11. The molecule has 0 saturated carbocycles. The SMILES string of the molecule is CCO/C=C(\C(=N/O)c1ccccc1)P(=O)(OCC)OCC. The average Bonchev–Trinajstić information content (AvgIpc) is 2.52. The molecule has 0 fully saturated rings. The summed E-state index contributed by atoms with van der Waals surface area (Å²) in [5.41, 5.74) is 0.676. The molecule has 0 radical (unpaired) electrons. The fraction of sp³-hybridized carbons (Fsp3) is 0.400. The number of allylic oxidation sites excluding steroid dienone is 1. The van der Waals surface area contributed by atoms with E-state index >= 15 is 0 Å². The Bertz CT molecular complexity index is 546. The summed E-state index contributed by atoms with van der Waals surface area (Å²) in [6.07, 6.45) is 1.27. The fourth-order valence-electron chi connectivity index (χ4n) is 1.78. The minimum absolute atomic E-state index is 0.0896. The lowest BCUT2D eigenvalue weighted by atomic mass is 10.1. The molecule has 1 aromatic carbocycles. The molecule has 22 heavy (non-hydrogen) atoms. The smallest absolute Gasteiger partial charge is 0.366 e. The Kier molecular flexibility index (Phi) is 7.88. The molecule has 0 bridgehead atoms. The number of oxime groups is 1. The zero-order chi connectivity index (χ0) is 16.4. The molecule has 0 spiro atoms. The van der Waals surface area contributed by atoms with Crippen LogP contribution in [0.3, 0.4) is 0 Å². The van der Waals surface area contributed by atoms with Gasteiger partial charge < -0.3 is 19.0 Å². The van der Waals surface area contributed by atoms with Crippen LogP contribution in [0.25, 0.3) is 0 Å². The second-order valence-electron chi connectivity index (χ2n) is 4.11. The highest BCUT2D eigenvalue weighted by Gasteiger charge is 2.35. The topological polar surface area (TPSA) is 77.4 Å². The van der Waals surface area contributed by atoms with Gasteiger partial charge in [-0.05, 0) is 20.8 Å². The maximum absolute atomic E-state index is 13.0. The van der Waals surface area contributed by atoms with Crippen LogP contribution in [0.4, 0.5) is 0 Å². The molecule has 0 aliphatic heterocycles. The van der Waals surface area contributed by atoms with Crippen LogP contribution in [0.1, 0.15) is 26.3 Å². The van der Waals surface area contributed by atoms with Crippen molar-refractivity contribution in [1.82, 2.24) is 0 Å². The normalized spacial score (nSPS) is 13.2. The van der Waals surface area contributed by atoms with Crippen LogP contribution in [-0.2, 0) is 18.3 Å². The Labute approximate surface area is 130 Å². The Hall–Kier alpha value is -1.62. The van der Waals surface area contributed by atoms with Gasteiger partial charge in [0.2, 0.25) is 0 Å². The van der Waals surface area contributed by atoms with Crippen LogP contribution < -0.4 is 0 Å². The van der Waals surface area contributed by atoms with E-state index in [1.807, 2.05) is 6.07 Å². The molecule has 6 nitrogen and oxygen atoms in total. The number of benzene rings is 1. The average molecular weight is 327 g/mol. The van der Waals surface area contributed by atoms with Gasteiger partial charge in [-0.3, -0.25) is 4.57 Å². The molecule has 0 amide bonds. The van der Waals surface area contributed by atoms with Crippen molar-refractivity contribution in [2.45, 2.75) is 20.8 Å². The second kappa shape index (κ2) is 9.41. The minimum atomic E-state index is -3.65. The predicted octanol–water partition coefficient (Wildman–Crippen LogP) is 4.01. The molecule has 7 heteroatoms. The molecule has 0 unspecified atom stereocenters. The maximum Gasteiger partial charge on any atom is 0.366 e. The molecule has 122 valence electrons. The monoisotopic (exact) mass is 327 g/mol. The van der Waals surface area contributed by atoms with Crippen molar-refractivity contribution in [3.63, 3.8) is 0 Å².